The van der Waals surface area contributed by atoms with E-state index in [9.17, 15) is 9.59 Å². The summed E-state index contributed by atoms with van der Waals surface area (Å²) < 4.78 is 7.85. The fourth-order valence-electron chi connectivity index (χ4n) is 1.80. The highest BCUT2D eigenvalue weighted by Gasteiger charge is 2.18. The van der Waals surface area contributed by atoms with Crippen LogP contribution >= 0.6 is 11.6 Å². The smallest absolute Gasteiger partial charge is 0.331 e. The number of hydrogen-bond donors (Lipinski definition) is 0. The third-order valence-electron chi connectivity index (χ3n) is 2.76. The predicted octanol–water partition coefficient (Wildman–Crippen LogP) is 0.379. The maximum Gasteiger partial charge on any atom is 0.331 e. The molecule has 1 fully saturated rings. The zero-order valence-corrected chi connectivity index (χ0v) is 9.74. The molecule has 1 aromatic heterocycles. The van der Waals surface area contributed by atoms with Crippen LogP contribution in [0.4, 0.5) is 0 Å². The molecule has 0 aliphatic carbocycles. The Labute approximate surface area is 97.2 Å². The Morgan fingerprint density at radius 1 is 1.56 bits per heavy atom. The molecule has 6 heteroatoms. The van der Waals surface area contributed by atoms with Gasteiger partial charge in [-0.3, -0.25) is 13.9 Å². The summed E-state index contributed by atoms with van der Waals surface area (Å²) in [4.78, 5) is 23.1. The highest BCUT2D eigenvalue weighted by atomic mass is 35.5. The molecular formula is C10H13ClN2O3. The van der Waals surface area contributed by atoms with Crippen molar-refractivity contribution in [3.8, 4) is 0 Å². The minimum absolute atomic E-state index is 0.0210. The van der Waals surface area contributed by atoms with Crippen LogP contribution in [0.15, 0.2) is 15.7 Å². The van der Waals surface area contributed by atoms with Crippen molar-refractivity contribution in [3.05, 3.63) is 32.1 Å². The number of halogens is 1. The first-order valence-corrected chi connectivity index (χ1v) is 5.55. The molecular weight excluding hydrogens is 232 g/mol. The highest BCUT2D eigenvalue weighted by Crippen LogP contribution is 2.14. The summed E-state index contributed by atoms with van der Waals surface area (Å²) in [6.45, 7) is 1.13. The van der Waals surface area contributed by atoms with Gasteiger partial charge in [0, 0.05) is 19.7 Å². The molecule has 0 saturated carbocycles. The van der Waals surface area contributed by atoms with E-state index in [0.29, 0.717) is 6.54 Å². The van der Waals surface area contributed by atoms with Gasteiger partial charge in [0.15, 0.2) is 0 Å². The van der Waals surface area contributed by atoms with Gasteiger partial charge in [0.1, 0.15) is 5.15 Å². The summed E-state index contributed by atoms with van der Waals surface area (Å²) in [6, 6.07) is 1.25. The van der Waals surface area contributed by atoms with Gasteiger partial charge < -0.3 is 4.74 Å². The minimum atomic E-state index is -0.395. The van der Waals surface area contributed by atoms with Crippen LogP contribution in [0.2, 0.25) is 5.15 Å². The molecule has 2 rings (SSSR count). The van der Waals surface area contributed by atoms with Crippen LogP contribution in [-0.2, 0) is 18.3 Å². The van der Waals surface area contributed by atoms with Crippen LogP contribution in [-0.4, -0.2) is 21.8 Å². The maximum atomic E-state index is 11.8. The fraction of sp³-hybridized carbons (Fsp3) is 0.600. The van der Waals surface area contributed by atoms with Gasteiger partial charge in [-0.1, -0.05) is 11.6 Å². The van der Waals surface area contributed by atoms with Crippen molar-refractivity contribution in [2.75, 3.05) is 6.61 Å². The standard InChI is InChI=1S/C10H13ClN2O3/c1-12-9(14)5-8(11)13(10(12)15)6-7-3-2-4-16-7/h5,7H,2-4,6H2,1H3/t7-/m1/s1. The van der Waals surface area contributed by atoms with Crippen molar-refractivity contribution in [1.82, 2.24) is 9.13 Å². The monoisotopic (exact) mass is 244 g/mol. The lowest BCUT2D eigenvalue weighted by atomic mass is 10.2. The van der Waals surface area contributed by atoms with Crippen LogP contribution in [0.25, 0.3) is 0 Å². The van der Waals surface area contributed by atoms with Gasteiger partial charge in [0.25, 0.3) is 5.56 Å². The molecule has 0 bridgehead atoms. The van der Waals surface area contributed by atoms with Crippen molar-refractivity contribution in [1.29, 1.82) is 0 Å². The van der Waals surface area contributed by atoms with Crippen molar-refractivity contribution in [2.24, 2.45) is 7.05 Å². The lowest BCUT2D eigenvalue weighted by molar-refractivity contribution is 0.0955. The zero-order valence-electron chi connectivity index (χ0n) is 8.98. The first-order chi connectivity index (χ1) is 7.59. The molecule has 0 spiro atoms. The van der Waals surface area contributed by atoms with Gasteiger partial charge in [-0.2, -0.15) is 0 Å². The number of hydrogen-bond acceptors (Lipinski definition) is 3. The van der Waals surface area contributed by atoms with Gasteiger partial charge in [0.05, 0.1) is 12.6 Å². The van der Waals surface area contributed by atoms with Crippen molar-refractivity contribution in [2.45, 2.75) is 25.5 Å². The molecule has 0 amide bonds. The largest absolute Gasteiger partial charge is 0.376 e. The van der Waals surface area contributed by atoms with Crippen LogP contribution < -0.4 is 11.2 Å². The van der Waals surface area contributed by atoms with E-state index in [2.05, 4.69) is 0 Å². The summed E-state index contributed by atoms with van der Waals surface area (Å²) >= 11 is 5.88. The number of rotatable bonds is 2. The molecule has 0 radical (unpaired) electrons. The average molecular weight is 245 g/mol. The Hall–Kier alpha value is -1.07. The van der Waals surface area contributed by atoms with E-state index in [1.165, 1.54) is 17.7 Å². The third kappa shape index (κ3) is 2.05. The first kappa shape index (κ1) is 11.4. The first-order valence-electron chi connectivity index (χ1n) is 5.17. The van der Waals surface area contributed by atoms with Gasteiger partial charge in [0.2, 0.25) is 0 Å². The quantitative estimate of drug-likeness (QED) is 0.707. The molecule has 0 aromatic carbocycles. The molecule has 0 N–H and O–H groups in total. The normalized spacial score (nSPS) is 20.2. The van der Waals surface area contributed by atoms with E-state index < -0.39 is 11.2 Å². The number of ether oxygens (including phenoxy) is 1. The van der Waals surface area contributed by atoms with Crippen LogP contribution in [0, 0.1) is 0 Å². The summed E-state index contributed by atoms with van der Waals surface area (Å²) in [5, 5.41) is 0.170. The molecule has 16 heavy (non-hydrogen) atoms. The number of nitrogens with zero attached hydrogens (tertiary/aromatic N) is 2. The predicted molar refractivity (Wildman–Crippen MR) is 59.9 cm³/mol. The van der Waals surface area contributed by atoms with E-state index in [0.717, 1.165) is 24.0 Å². The minimum Gasteiger partial charge on any atom is -0.376 e. The van der Waals surface area contributed by atoms with E-state index in [1.807, 2.05) is 0 Å². The summed E-state index contributed by atoms with van der Waals surface area (Å²) in [7, 11) is 1.44. The van der Waals surface area contributed by atoms with Crippen LogP contribution in [0.1, 0.15) is 12.8 Å². The molecule has 5 nitrogen and oxygen atoms in total. The zero-order chi connectivity index (χ0) is 11.7. The molecule has 0 unspecified atom stereocenters. The Bertz CT molecular complexity index is 500. The Morgan fingerprint density at radius 2 is 2.31 bits per heavy atom. The van der Waals surface area contributed by atoms with Crippen molar-refractivity contribution >= 4 is 11.6 Å². The van der Waals surface area contributed by atoms with Gasteiger partial charge in [-0.15, -0.1) is 0 Å². The molecule has 1 aliphatic rings. The van der Waals surface area contributed by atoms with Crippen LogP contribution in [0.3, 0.4) is 0 Å². The Kier molecular flexibility index (Phi) is 3.16. The summed E-state index contributed by atoms with van der Waals surface area (Å²) in [5.74, 6) is 0. The molecule has 1 aliphatic heterocycles. The van der Waals surface area contributed by atoms with E-state index in [-0.39, 0.29) is 11.3 Å². The second-order valence-electron chi connectivity index (χ2n) is 3.89. The summed E-state index contributed by atoms with van der Waals surface area (Å²) in [6.07, 6.45) is 1.95. The lowest BCUT2D eigenvalue weighted by Crippen LogP contribution is -2.39. The molecule has 88 valence electrons. The third-order valence-corrected chi connectivity index (χ3v) is 3.07. The fourth-order valence-corrected chi connectivity index (χ4v) is 2.04. The number of aromatic nitrogens is 2. The Morgan fingerprint density at radius 3 is 2.94 bits per heavy atom. The molecule has 1 atom stereocenters. The van der Waals surface area contributed by atoms with E-state index in [4.69, 9.17) is 16.3 Å². The van der Waals surface area contributed by atoms with E-state index >= 15 is 0 Å². The second-order valence-corrected chi connectivity index (χ2v) is 4.28. The summed E-state index contributed by atoms with van der Waals surface area (Å²) in [5.41, 5.74) is -0.786. The van der Waals surface area contributed by atoms with E-state index in [1.54, 1.807) is 0 Å². The average Bonchev–Trinajstić information content (AvgIpc) is 2.74. The molecule has 1 saturated heterocycles. The van der Waals surface area contributed by atoms with Crippen molar-refractivity contribution in [3.63, 3.8) is 0 Å². The topological polar surface area (TPSA) is 53.2 Å². The van der Waals surface area contributed by atoms with Crippen LogP contribution in [0.5, 0.6) is 0 Å². The molecule has 1 aromatic rings. The van der Waals surface area contributed by atoms with Gasteiger partial charge in [-0.25, -0.2) is 4.79 Å². The SMILES string of the molecule is Cn1c(=O)cc(Cl)n(C[C@H]2CCCO2)c1=O. The Balaban J connectivity index is 2.36. The lowest BCUT2D eigenvalue weighted by Gasteiger charge is -2.13. The second kappa shape index (κ2) is 4.43. The molecule has 2 heterocycles. The highest BCUT2D eigenvalue weighted by molar-refractivity contribution is 6.29. The maximum absolute atomic E-state index is 11.8. The van der Waals surface area contributed by atoms with Crippen molar-refractivity contribution < 1.29 is 4.74 Å². The van der Waals surface area contributed by atoms with Gasteiger partial charge in [-0.05, 0) is 12.8 Å². The van der Waals surface area contributed by atoms with Gasteiger partial charge >= 0.3 is 5.69 Å².